The molecule has 0 aromatic carbocycles. The van der Waals surface area contributed by atoms with Gasteiger partial charge in [0.05, 0.1) is 42.8 Å². The number of piperidine rings is 1. The Morgan fingerprint density at radius 1 is 0.867 bits per heavy atom. The van der Waals surface area contributed by atoms with Gasteiger partial charge in [-0.2, -0.15) is 0 Å². The minimum Gasteiger partial charge on any atom is -0.392 e. The molecule has 1 saturated heterocycles. The van der Waals surface area contributed by atoms with Gasteiger partial charge in [0, 0.05) is 19.4 Å². The van der Waals surface area contributed by atoms with Gasteiger partial charge in [0.25, 0.3) is 0 Å². The van der Waals surface area contributed by atoms with Crippen LogP contribution in [0.5, 0.6) is 0 Å². The second-order valence-electron chi connectivity index (χ2n) is 15.7. The van der Waals surface area contributed by atoms with Crippen molar-refractivity contribution in [2.24, 2.45) is 34.8 Å². The van der Waals surface area contributed by atoms with E-state index >= 15 is 0 Å². The number of hydrogen-bond acceptors (Lipinski definition) is 9. The minimum atomic E-state index is -0.877. The Morgan fingerprint density at radius 3 is 2.31 bits per heavy atom. The van der Waals surface area contributed by atoms with Gasteiger partial charge >= 0.3 is 0 Å². The number of ketones is 1. The van der Waals surface area contributed by atoms with E-state index in [1.165, 1.54) is 6.42 Å². The van der Waals surface area contributed by atoms with Crippen LogP contribution in [0.1, 0.15) is 128 Å². The summed E-state index contributed by atoms with van der Waals surface area (Å²) in [5.41, 5.74) is 6.18. The number of ether oxygens (including phenoxy) is 2. The van der Waals surface area contributed by atoms with Crippen molar-refractivity contribution in [1.29, 1.82) is 0 Å². The average molecular weight is 637 g/mol. The summed E-state index contributed by atoms with van der Waals surface area (Å²) in [6.45, 7) is 0.845. The van der Waals surface area contributed by atoms with Crippen LogP contribution in [0.25, 0.3) is 0 Å². The fourth-order valence-corrected chi connectivity index (χ4v) is 10.3. The third-order valence-electron chi connectivity index (χ3n) is 12.8. The van der Waals surface area contributed by atoms with Crippen molar-refractivity contribution >= 4 is 5.78 Å². The summed E-state index contributed by atoms with van der Waals surface area (Å²) in [6.07, 6.45) is 14.1. The Morgan fingerprint density at radius 2 is 1.60 bits per heavy atom. The second kappa shape index (κ2) is 16.6. The second-order valence-corrected chi connectivity index (χ2v) is 15.7. The number of aliphatic hydroxyl groups is 4. The van der Waals surface area contributed by atoms with E-state index in [9.17, 15) is 25.2 Å². The third kappa shape index (κ3) is 8.88. The molecule has 11 atom stereocenters. The lowest BCUT2D eigenvalue weighted by molar-refractivity contribution is -0.153. The first-order valence-electron chi connectivity index (χ1n) is 18.6. The fraction of sp³-hybridized carbons (Fsp3) is 0.972. The Balaban J connectivity index is 1.27. The number of hydrogen-bond donors (Lipinski definition) is 6. The van der Waals surface area contributed by atoms with Crippen molar-refractivity contribution < 1.29 is 34.7 Å². The molecule has 11 unspecified atom stereocenters. The summed E-state index contributed by atoms with van der Waals surface area (Å²) in [5.74, 6) is 0.520. The van der Waals surface area contributed by atoms with Crippen LogP contribution in [0.15, 0.2) is 0 Å². The van der Waals surface area contributed by atoms with Crippen molar-refractivity contribution in [3.8, 4) is 0 Å². The summed E-state index contributed by atoms with van der Waals surface area (Å²) >= 11 is 0. The van der Waals surface area contributed by atoms with Gasteiger partial charge in [-0.05, 0) is 120 Å². The van der Waals surface area contributed by atoms with Gasteiger partial charge < -0.3 is 41.0 Å². The highest BCUT2D eigenvalue weighted by molar-refractivity contribution is 5.82. The highest BCUT2D eigenvalue weighted by Gasteiger charge is 2.53. The first-order chi connectivity index (χ1) is 21.7. The molecule has 5 fully saturated rings. The molecule has 4 aliphatic carbocycles. The zero-order chi connectivity index (χ0) is 32.0. The normalized spacial score (nSPS) is 39.4. The van der Waals surface area contributed by atoms with E-state index in [0.717, 1.165) is 90.0 Å². The van der Waals surface area contributed by atoms with E-state index in [4.69, 9.17) is 15.2 Å². The highest BCUT2D eigenvalue weighted by Crippen LogP contribution is 2.55. The maximum Gasteiger partial charge on any atom is 0.139 e. The number of aliphatic hydroxyl groups excluding tert-OH is 4. The van der Waals surface area contributed by atoms with Crippen LogP contribution in [0, 0.1) is 29.1 Å². The number of carbonyl (C=O) groups excluding carboxylic acids is 1. The molecule has 7 N–H and O–H groups in total. The first-order valence-corrected chi connectivity index (χ1v) is 18.6. The molecule has 9 heteroatoms. The number of rotatable bonds is 13. The van der Waals surface area contributed by atoms with Gasteiger partial charge in [-0.15, -0.1) is 0 Å². The van der Waals surface area contributed by atoms with E-state index in [-0.39, 0.29) is 41.6 Å². The molecule has 45 heavy (non-hydrogen) atoms. The summed E-state index contributed by atoms with van der Waals surface area (Å²) in [4.78, 5) is 14.5. The molecule has 0 spiro atoms. The molecule has 260 valence electrons. The minimum absolute atomic E-state index is 0.0787. The van der Waals surface area contributed by atoms with E-state index < -0.39 is 30.3 Å². The number of nitrogens with two attached hydrogens (primary N) is 1. The lowest BCUT2D eigenvalue weighted by Crippen LogP contribution is -2.53. The molecule has 0 amide bonds. The highest BCUT2D eigenvalue weighted by atomic mass is 16.5. The van der Waals surface area contributed by atoms with Crippen LogP contribution in [0.4, 0.5) is 0 Å². The number of carbonyl (C=O) groups is 1. The van der Waals surface area contributed by atoms with Gasteiger partial charge in [-0.1, -0.05) is 32.1 Å². The molecule has 0 radical (unpaired) electrons. The maximum absolute atomic E-state index is 14.5. The van der Waals surface area contributed by atoms with Gasteiger partial charge in [0.1, 0.15) is 11.9 Å². The lowest BCUT2D eigenvalue weighted by Gasteiger charge is -2.48. The Hall–Kier alpha value is -0.650. The van der Waals surface area contributed by atoms with Crippen LogP contribution in [-0.4, -0.2) is 88.8 Å². The Labute approximate surface area is 271 Å². The van der Waals surface area contributed by atoms with Crippen LogP contribution in [0.3, 0.4) is 0 Å². The van der Waals surface area contributed by atoms with Crippen molar-refractivity contribution in [3.05, 3.63) is 0 Å². The molecular weight excluding hydrogens is 572 g/mol. The SMILES string of the molecule is COC1CC(CCC(O)C(C(=O)CCC2CC(O)C(O)C(OC3CCCCC3)C2)C2(C3CCNC(N)C3)CCCC2)CCC1O. The van der Waals surface area contributed by atoms with Crippen molar-refractivity contribution in [2.45, 2.75) is 177 Å². The lowest BCUT2D eigenvalue weighted by atomic mass is 9.58. The third-order valence-corrected chi connectivity index (χ3v) is 12.8. The van der Waals surface area contributed by atoms with Crippen molar-refractivity contribution in [1.82, 2.24) is 5.32 Å². The molecule has 4 saturated carbocycles. The molecule has 9 nitrogen and oxygen atoms in total. The number of Topliss-reactive ketones (excluding diaryl/α,β-unsaturated/α-hetero) is 1. The van der Waals surface area contributed by atoms with E-state index in [1.54, 1.807) is 7.11 Å². The number of methoxy groups -OCH3 is 1. The summed E-state index contributed by atoms with van der Waals surface area (Å²) in [6, 6.07) is 0. The molecule has 5 aliphatic rings. The zero-order valence-electron chi connectivity index (χ0n) is 27.9. The first kappa shape index (κ1) is 35.7. The quantitative estimate of drug-likeness (QED) is 0.176. The summed E-state index contributed by atoms with van der Waals surface area (Å²) < 4.78 is 11.9. The van der Waals surface area contributed by atoms with Gasteiger partial charge in [-0.25, -0.2) is 0 Å². The largest absolute Gasteiger partial charge is 0.392 e. The van der Waals surface area contributed by atoms with Crippen molar-refractivity contribution in [3.63, 3.8) is 0 Å². The monoisotopic (exact) mass is 636 g/mol. The summed E-state index contributed by atoms with van der Waals surface area (Å²) in [5, 5.41) is 47.2. The van der Waals surface area contributed by atoms with Crippen LogP contribution >= 0.6 is 0 Å². The maximum atomic E-state index is 14.5. The smallest absolute Gasteiger partial charge is 0.139 e. The number of nitrogens with one attached hydrogen (secondary N) is 1. The van der Waals surface area contributed by atoms with Crippen molar-refractivity contribution in [2.75, 3.05) is 13.7 Å². The predicted molar refractivity (Wildman–Crippen MR) is 173 cm³/mol. The topological polar surface area (TPSA) is 154 Å². The summed E-state index contributed by atoms with van der Waals surface area (Å²) in [7, 11) is 1.66. The fourth-order valence-electron chi connectivity index (χ4n) is 10.3. The van der Waals surface area contributed by atoms with E-state index in [2.05, 4.69) is 5.32 Å². The molecule has 5 rings (SSSR count). The van der Waals surface area contributed by atoms with E-state index in [1.807, 2.05) is 0 Å². The predicted octanol–water partition coefficient (Wildman–Crippen LogP) is 3.96. The standard InChI is InChI=1S/C36H64N2O7/c1-44-31-20-23(9-12-27(31)39)10-13-28(40)34(36(16-5-6-17-36)25-15-18-38-33(37)22-25)29(41)14-11-24-19-30(42)35(43)32(21-24)45-26-7-3-2-4-8-26/h23-28,30-35,38-40,42-43H,2-22,37H2,1H3. The Kier molecular flexibility index (Phi) is 13.2. The molecular formula is C36H64N2O7. The molecule has 0 bridgehead atoms. The van der Waals surface area contributed by atoms with Crippen LogP contribution in [-0.2, 0) is 14.3 Å². The molecule has 0 aromatic heterocycles. The van der Waals surface area contributed by atoms with Crippen LogP contribution < -0.4 is 11.1 Å². The molecule has 1 heterocycles. The average Bonchev–Trinajstić information content (AvgIpc) is 3.53. The van der Waals surface area contributed by atoms with Gasteiger partial charge in [0.2, 0.25) is 0 Å². The Bertz CT molecular complexity index is 910. The van der Waals surface area contributed by atoms with Gasteiger partial charge in [0.15, 0.2) is 0 Å². The van der Waals surface area contributed by atoms with Gasteiger partial charge in [-0.3, -0.25) is 4.79 Å². The zero-order valence-corrected chi connectivity index (χ0v) is 27.9. The molecule has 0 aromatic rings. The van der Waals surface area contributed by atoms with E-state index in [0.29, 0.717) is 50.4 Å². The van der Waals surface area contributed by atoms with Crippen LogP contribution in [0.2, 0.25) is 0 Å². The molecule has 1 aliphatic heterocycles.